The first kappa shape index (κ1) is 25.8. The number of ketones is 1. The number of aryl methyl sites for hydroxylation is 1. The Morgan fingerprint density at radius 2 is 1.92 bits per heavy atom. The van der Waals surface area contributed by atoms with Crippen molar-refractivity contribution >= 4 is 17.4 Å². The summed E-state index contributed by atoms with van der Waals surface area (Å²) in [4.78, 5) is 32.2. The van der Waals surface area contributed by atoms with Crippen LogP contribution in [0.1, 0.15) is 49.1 Å². The van der Waals surface area contributed by atoms with Crippen molar-refractivity contribution in [2.75, 3.05) is 6.61 Å². The number of likely N-dealkylation sites (tertiary alicyclic amines) is 1. The number of aromatic nitrogens is 1. The average Bonchev–Trinajstić information content (AvgIpc) is 3.10. The number of aliphatic hydroxyl groups excluding tert-OH is 1. The number of phenolic OH excluding ortho intramolecular Hbond substituents is 1. The fourth-order valence-electron chi connectivity index (χ4n) is 4.44. The number of aromatic hydroxyl groups is 1. The molecule has 37 heavy (non-hydrogen) atoms. The number of pyridine rings is 1. The van der Waals surface area contributed by atoms with E-state index in [2.05, 4.69) is 4.98 Å². The molecule has 0 aliphatic carbocycles. The Labute approximate surface area is 215 Å². The molecule has 192 valence electrons. The van der Waals surface area contributed by atoms with Crippen LogP contribution in [0.4, 0.5) is 0 Å². The monoisotopic (exact) mass is 502 g/mol. The highest BCUT2D eigenvalue weighted by molar-refractivity contribution is 6.46. The molecule has 2 aromatic carbocycles. The molecular formula is C29H30N2O6. The molecule has 1 atom stereocenters. The molecule has 0 spiro atoms. The fraction of sp³-hybridized carbons (Fsp3) is 0.276. The summed E-state index contributed by atoms with van der Waals surface area (Å²) in [5.41, 5.74) is 2.31. The average molecular weight is 503 g/mol. The number of nitrogens with zero attached hydrogens (tertiary/aromatic N) is 2. The molecule has 0 radical (unpaired) electrons. The van der Waals surface area contributed by atoms with Crippen molar-refractivity contribution in [3.8, 4) is 17.2 Å². The van der Waals surface area contributed by atoms with Crippen molar-refractivity contribution < 1.29 is 29.3 Å². The molecule has 1 saturated heterocycles. The van der Waals surface area contributed by atoms with Gasteiger partial charge in [0.05, 0.1) is 24.3 Å². The Balaban J connectivity index is 1.87. The number of hydrogen-bond donors (Lipinski definition) is 2. The number of carbonyl (C=O) groups is 2. The van der Waals surface area contributed by atoms with Crippen LogP contribution in [0.2, 0.25) is 0 Å². The summed E-state index contributed by atoms with van der Waals surface area (Å²) in [7, 11) is 0. The first-order valence-corrected chi connectivity index (χ1v) is 12.1. The van der Waals surface area contributed by atoms with E-state index in [1.54, 1.807) is 62.6 Å². The van der Waals surface area contributed by atoms with Crippen LogP contribution < -0.4 is 9.47 Å². The SMILES string of the molecule is CCOc1cc([C@H]2/C(=C(\O)c3ccc(OC(C)C)cc3C)C(=O)C(=O)N2Cc2cccnc2)ccc1O. The van der Waals surface area contributed by atoms with Crippen LogP contribution in [-0.4, -0.2) is 44.5 Å². The molecule has 1 aliphatic rings. The predicted octanol–water partition coefficient (Wildman–Crippen LogP) is 4.90. The van der Waals surface area contributed by atoms with Crippen LogP contribution in [0, 0.1) is 6.92 Å². The summed E-state index contributed by atoms with van der Waals surface area (Å²) in [5, 5.41) is 21.7. The minimum atomic E-state index is -0.911. The summed E-state index contributed by atoms with van der Waals surface area (Å²) in [6, 6.07) is 12.5. The van der Waals surface area contributed by atoms with Gasteiger partial charge in [-0.3, -0.25) is 14.6 Å². The Morgan fingerprint density at radius 3 is 2.57 bits per heavy atom. The third-order valence-electron chi connectivity index (χ3n) is 6.04. The van der Waals surface area contributed by atoms with Crippen LogP contribution in [0.25, 0.3) is 5.76 Å². The zero-order valence-corrected chi connectivity index (χ0v) is 21.3. The summed E-state index contributed by atoms with van der Waals surface area (Å²) < 4.78 is 11.3. The summed E-state index contributed by atoms with van der Waals surface area (Å²) in [5.74, 6) is -1.02. The summed E-state index contributed by atoms with van der Waals surface area (Å²) >= 11 is 0. The standard InChI is InChI=1S/C29H30N2O6/c1-5-36-24-14-20(8-11-23(24)32)26-25(27(33)22-10-9-21(13-18(22)4)37-17(2)3)28(34)29(35)31(26)16-19-7-6-12-30-15-19/h6-15,17,26,32-33H,5,16H2,1-4H3/b27-25+/t26-/m0/s1. The number of carbonyl (C=O) groups excluding carboxylic acids is 2. The van der Waals surface area contributed by atoms with E-state index in [-0.39, 0.29) is 35.5 Å². The lowest BCUT2D eigenvalue weighted by molar-refractivity contribution is -0.140. The van der Waals surface area contributed by atoms with Crippen molar-refractivity contribution in [2.45, 2.75) is 46.4 Å². The number of rotatable bonds is 8. The highest BCUT2D eigenvalue weighted by atomic mass is 16.5. The molecule has 8 nitrogen and oxygen atoms in total. The minimum absolute atomic E-state index is 0.0225. The van der Waals surface area contributed by atoms with Crippen molar-refractivity contribution in [2.24, 2.45) is 0 Å². The lowest BCUT2D eigenvalue weighted by atomic mass is 9.93. The van der Waals surface area contributed by atoms with Gasteiger partial charge in [0, 0.05) is 24.5 Å². The van der Waals surface area contributed by atoms with Gasteiger partial charge in [0.25, 0.3) is 11.7 Å². The lowest BCUT2D eigenvalue weighted by Gasteiger charge is -2.26. The van der Waals surface area contributed by atoms with E-state index in [1.807, 2.05) is 19.9 Å². The molecule has 8 heteroatoms. The Morgan fingerprint density at radius 1 is 1.14 bits per heavy atom. The van der Waals surface area contributed by atoms with Crippen molar-refractivity contribution in [1.29, 1.82) is 0 Å². The van der Waals surface area contributed by atoms with Crippen LogP contribution in [-0.2, 0) is 16.1 Å². The van der Waals surface area contributed by atoms with Crippen LogP contribution in [0.3, 0.4) is 0 Å². The van der Waals surface area contributed by atoms with E-state index in [4.69, 9.17) is 9.47 Å². The Bertz CT molecular complexity index is 1350. The third-order valence-corrected chi connectivity index (χ3v) is 6.04. The maximum atomic E-state index is 13.4. The number of Topliss-reactive ketones (excluding diaryl/α,β-unsaturated/α-hetero) is 1. The normalized spacial score (nSPS) is 16.9. The van der Waals surface area contributed by atoms with Crippen molar-refractivity contribution in [3.05, 3.63) is 88.8 Å². The molecule has 4 rings (SSSR count). The van der Waals surface area contributed by atoms with Crippen molar-refractivity contribution in [1.82, 2.24) is 9.88 Å². The van der Waals surface area contributed by atoms with Crippen LogP contribution >= 0.6 is 0 Å². The van der Waals surface area contributed by atoms with Crippen molar-refractivity contribution in [3.63, 3.8) is 0 Å². The van der Waals surface area contributed by atoms with Gasteiger partial charge in [0.2, 0.25) is 0 Å². The molecule has 1 aromatic heterocycles. The maximum absolute atomic E-state index is 13.4. The van der Waals surface area contributed by atoms with Gasteiger partial charge in [-0.15, -0.1) is 0 Å². The number of ether oxygens (including phenoxy) is 2. The topological polar surface area (TPSA) is 109 Å². The summed E-state index contributed by atoms with van der Waals surface area (Å²) in [6.07, 6.45) is 3.22. The van der Waals surface area contributed by atoms with Crippen LogP contribution in [0.5, 0.6) is 17.2 Å². The molecule has 3 aromatic rings. The lowest BCUT2D eigenvalue weighted by Crippen LogP contribution is -2.29. The fourth-order valence-corrected chi connectivity index (χ4v) is 4.44. The first-order valence-electron chi connectivity index (χ1n) is 12.1. The highest BCUT2D eigenvalue weighted by Gasteiger charge is 2.46. The molecule has 1 fully saturated rings. The Hall–Kier alpha value is -4.33. The first-order chi connectivity index (χ1) is 17.7. The quantitative estimate of drug-likeness (QED) is 0.256. The zero-order chi connectivity index (χ0) is 26.7. The van der Waals surface area contributed by atoms with E-state index in [1.165, 1.54) is 11.0 Å². The number of phenols is 1. The molecule has 1 aliphatic heterocycles. The maximum Gasteiger partial charge on any atom is 0.295 e. The van der Waals surface area contributed by atoms with Gasteiger partial charge in [-0.05, 0) is 80.8 Å². The number of amides is 1. The highest BCUT2D eigenvalue weighted by Crippen LogP contribution is 2.43. The molecule has 1 amide bonds. The second-order valence-electron chi connectivity index (χ2n) is 9.09. The van der Waals surface area contributed by atoms with Gasteiger partial charge in [-0.1, -0.05) is 12.1 Å². The minimum Gasteiger partial charge on any atom is -0.507 e. The molecule has 0 saturated carbocycles. The second kappa shape index (κ2) is 10.7. The summed E-state index contributed by atoms with van der Waals surface area (Å²) in [6.45, 7) is 7.84. The molecule has 2 heterocycles. The van der Waals surface area contributed by atoms with Gasteiger partial charge in [0.1, 0.15) is 11.5 Å². The van der Waals surface area contributed by atoms with Gasteiger partial charge in [-0.25, -0.2) is 0 Å². The van der Waals surface area contributed by atoms with E-state index in [0.717, 1.165) is 5.56 Å². The third kappa shape index (κ3) is 5.28. The zero-order valence-electron chi connectivity index (χ0n) is 21.3. The van der Waals surface area contributed by atoms with Gasteiger partial charge >= 0.3 is 0 Å². The van der Waals surface area contributed by atoms with Gasteiger partial charge < -0.3 is 24.6 Å². The molecule has 0 bridgehead atoms. The number of benzene rings is 2. The smallest absolute Gasteiger partial charge is 0.295 e. The van der Waals surface area contributed by atoms with Gasteiger partial charge in [0.15, 0.2) is 11.5 Å². The van der Waals surface area contributed by atoms with E-state index in [0.29, 0.717) is 29.0 Å². The Kier molecular flexibility index (Phi) is 7.47. The van der Waals surface area contributed by atoms with Crippen LogP contribution in [0.15, 0.2) is 66.5 Å². The predicted molar refractivity (Wildman–Crippen MR) is 138 cm³/mol. The number of hydrogen-bond acceptors (Lipinski definition) is 7. The van der Waals surface area contributed by atoms with E-state index < -0.39 is 17.7 Å². The molecular weight excluding hydrogens is 472 g/mol. The molecule has 2 N–H and O–H groups in total. The molecule has 0 unspecified atom stereocenters. The number of aliphatic hydroxyl groups is 1. The van der Waals surface area contributed by atoms with E-state index >= 15 is 0 Å². The van der Waals surface area contributed by atoms with E-state index in [9.17, 15) is 19.8 Å². The largest absolute Gasteiger partial charge is 0.507 e. The van der Waals surface area contributed by atoms with Gasteiger partial charge in [-0.2, -0.15) is 0 Å². The second-order valence-corrected chi connectivity index (χ2v) is 9.09.